The molecule has 4 heterocycles. The van der Waals surface area contributed by atoms with Crippen LogP contribution in [0.5, 0.6) is 0 Å². The average Bonchev–Trinajstić information content (AvgIpc) is 3.19. The van der Waals surface area contributed by atoms with Crippen molar-refractivity contribution in [2.75, 3.05) is 24.5 Å². The average molecular weight is 392 g/mol. The number of aromatic amines is 1. The lowest BCUT2D eigenvalue weighted by Gasteiger charge is -2.19. The van der Waals surface area contributed by atoms with E-state index in [1.165, 1.54) is 6.07 Å². The van der Waals surface area contributed by atoms with E-state index in [0.717, 1.165) is 42.3 Å². The maximum absolute atomic E-state index is 12.7. The lowest BCUT2D eigenvalue weighted by atomic mass is 10.1. The second kappa shape index (κ2) is 7.63. The van der Waals surface area contributed by atoms with Gasteiger partial charge < -0.3 is 16.4 Å². The summed E-state index contributed by atoms with van der Waals surface area (Å²) in [6.45, 7) is 6.37. The fourth-order valence-corrected chi connectivity index (χ4v) is 3.71. The molecule has 8 nitrogen and oxygen atoms in total. The van der Waals surface area contributed by atoms with Gasteiger partial charge in [0.2, 0.25) is 5.69 Å². The zero-order valence-electron chi connectivity index (χ0n) is 16.7. The van der Waals surface area contributed by atoms with Gasteiger partial charge in [-0.2, -0.15) is 0 Å². The zero-order chi connectivity index (χ0) is 20.5. The maximum atomic E-state index is 12.7. The van der Waals surface area contributed by atoms with E-state index in [4.69, 9.17) is 11.5 Å². The minimum atomic E-state index is -0.166. The molecule has 3 aromatic rings. The first-order chi connectivity index (χ1) is 13.9. The molecule has 4 rings (SSSR count). The van der Waals surface area contributed by atoms with Crippen molar-refractivity contribution in [2.24, 2.45) is 17.4 Å². The van der Waals surface area contributed by atoms with E-state index in [-0.39, 0.29) is 5.56 Å². The number of aryl methyl sites for hydroxylation is 2. The van der Waals surface area contributed by atoms with Gasteiger partial charge in [0.05, 0.1) is 17.1 Å². The lowest BCUT2D eigenvalue weighted by Crippen LogP contribution is -2.24. The predicted molar refractivity (Wildman–Crippen MR) is 113 cm³/mol. The topological polar surface area (TPSA) is 117 Å². The number of nitrogens with two attached hydrogens (primary N) is 2. The first-order valence-electron chi connectivity index (χ1n) is 9.76. The quantitative estimate of drug-likeness (QED) is 0.677. The third kappa shape index (κ3) is 3.84. The summed E-state index contributed by atoms with van der Waals surface area (Å²) in [5.74, 6) is 0.504. The van der Waals surface area contributed by atoms with Crippen LogP contribution in [-0.2, 0) is 0 Å². The second-order valence-corrected chi connectivity index (χ2v) is 7.57. The highest BCUT2D eigenvalue weighted by Gasteiger charge is 2.22. The molecule has 5 N–H and O–H groups in total. The lowest BCUT2D eigenvalue weighted by molar-refractivity contribution is -0.383. The van der Waals surface area contributed by atoms with Crippen molar-refractivity contribution in [1.29, 1.82) is 0 Å². The van der Waals surface area contributed by atoms with Gasteiger partial charge in [-0.1, -0.05) is 0 Å². The van der Waals surface area contributed by atoms with E-state index in [0.29, 0.717) is 29.5 Å². The largest absolute Gasteiger partial charge is 0.397 e. The van der Waals surface area contributed by atoms with Gasteiger partial charge >= 0.3 is 0 Å². The van der Waals surface area contributed by atoms with Gasteiger partial charge in [0, 0.05) is 31.4 Å². The molecule has 0 saturated carbocycles. The molecule has 29 heavy (non-hydrogen) atoms. The number of H-pyrrole nitrogens is 1. The first-order valence-corrected chi connectivity index (χ1v) is 9.76. The molecule has 150 valence electrons. The molecule has 0 bridgehead atoms. The summed E-state index contributed by atoms with van der Waals surface area (Å²) in [4.78, 5) is 27.1. The molecule has 1 atom stereocenters. The number of nitrogens with one attached hydrogen (secondary N) is 1. The van der Waals surface area contributed by atoms with Gasteiger partial charge in [0.15, 0.2) is 6.20 Å². The second-order valence-electron chi connectivity index (χ2n) is 7.57. The molecule has 8 heteroatoms. The van der Waals surface area contributed by atoms with Gasteiger partial charge in [-0.15, -0.1) is 0 Å². The molecule has 0 radical (unpaired) electrons. The van der Waals surface area contributed by atoms with E-state index >= 15 is 0 Å². The van der Waals surface area contributed by atoms with E-state index in [1.807, 2.05) is 38.4 Å². The highest BCUT2D eigenvalue weighted by Crippen LogP contribution is 2.23. The van der Waals surface area contributed by atoms with Gasteiger partial charge in [0.25, 0.3) is 5.56 Å². The molecule has 0 aromatic carbocycles. The van der Waals surface area contributed by atoms with Gasteiger partial charge in [-0.05, 0) is 44.9 Å². The van der Waals surface area contributed by atoms with Crippen LogP contribution in [0.4, 0.5) is 5.69 Å². The standard InChI is InChI=1S/C21H25N7O/c1-13-10-24-18(14(2)25-13)7-17(23)19-8-21(29)28-12-16(3-4-20(28)26-19)27-6-5-15(9-22)11-27/h3-4,7-8,10,12,15H,5-6,9,11,22-23H2,1-2H3/p+1/t15-/m0/s1. The van der Waals surface area contributed by atoms with Crippen molar-refractivity contribution in [3.05, 3.63) is 63.7 Å². The number of nitrogens with zero attached hydrogens (tertiary/aromatic N) is 4. The summed E-state index contributed by atoms with van der Waals surface area (Å²) in [5.41, 5.74) is 16.8. The molecule has 0 amide bonds. The van der Waals surface area contributed by atoms with Crippen LogP contribution in [-0.4, -0.2) is 34.0 Å². The van der Waals surface area contributed by atoms with Crippen LogP contribution >= 0.6 is 0 Å². The summed E-state index contributed by atoms with van der Waals surface area (Å²) in [6, 6.07) is 5.31. The third-order valence-corrected chi connectivity index (χ3v) is 5.39. The summed E-state index contributed by atoms with van der Waals surface area (Å²) in [6.07, 6.45) is 6.48. The Morgan fingerprint density at radius 3 is 2.90 bits per heavy atom. The fourth-order valence-electron chi connectivity index (χ4n) is 3.71. The Morgan fingerprint density at radius 1 is 1.34 bits per heavy atom. The fraction of sp³-hybridized carbons (Fsp3) is 0.333. The highest BCUT2D eigenvalue weighted by atomic mass is 16.1. The van der Waals surface area contributed by atoms with Crippen molar-refractivity contribution in [3.8, 4) is 0 Å². The Kier molecular flexibility index (Phi) is 5.02. The SMILES string of the molecule is Cc1c[nH+]c(C=C(N)c2cc(=O)n3cc(N4CC[C@@H](CN)C4)ccc3n2)c(C)n1. The van der Waals surface area contributed by atoms with Gasteiger partial charge in [0.1, 0.15) is 17.0 Å². The Balaban J connectivity index is 1.68. The molecule has 1 aliphatic rings. The monoisotopic (exact) mass is 392 g/mol. The Labute approximate surface area is 168 Å². The normalized spacial score (nSPS) is 17.3. The molecular weight excluding hydrogens is 366 g/mol. The van der Waals surface area contributed by atoms with Crippen LogP contribution in [0.3, 0.4) is 0 Å². The Bertz CT molecular complexity index is 1150. The van der Waals surface area contributed by atoms with Crippen LogP contribution in [0.25, 0.3) is 17.4 Å². The number of anilines is 1. The third-order valence-electron chi connectivity index (χ3n) is 5.39. The molecule has 1 fully saturated rings. The number of hydrogen-bond acceptors (Lipinski definition) is 6. The smallest absolute Gasteiger partial charge is 0.258 e. The van der Waals surface area contributed by atoms with Crippen LogP contribution in [0, 0.1) is 19.8 Å². The molecule has 1 saturated heterocycles. The zero-order valence-corrected chi connectivity index (χ0v) is 16.7. The predicted octanol–water partition coefficient (Wildman–Crippen LogP) is 0.762. The number of rotatable bonds is 4. The molecule has 3 aromatic heterocycles. The van der Waals surface area contributed by atoms with Crippen LogP contribution in [0.1, 0.15) is 29.2 Å². The van der Waals surface area contributed by atoms with Crippen molar-refractivity contribution in [3.63, 3.8) is 0 Å². The van der Waals surface area contributed by atoms with Crippen LogP contribution in [0.15, 0.2) is 35.4 Å². The highest BCUT2D eigenvalue weighted by molar-refractivity contribution is 5.77. The van der Waals surface area contributed by atoms with E-state index in [1.54, 1.807) is 10.5 Å². The number of aromatic nitrogens is 4. The minimum Gasteiger partial charge on any atom is -0.397 e. The molecule has 0 spiro atoms. The molecule has 0 unspecified atom stereocenters. The van der Waals surface area contributed by atoms with Crippen LogP contribution < -0.4 is 26.9 Å². The summed E-state index contributed by atoms with van der Waals surface area (Å²) in [5, 5.41) is 0. The van der Waals surface area contributed by atoms with Crippen molar-refractivity contribution < 1.29 is 4.98 Å². The minimum absolute atomic E-state index is 0.166. The molecule has 1 aliphatic heterocycles. The molecule has 0 aliphatic carbocycles. The maximum Gasteiger partial charge on any atom is 0.258 e. The van der Waals surface area contributed by atoms with Gasteiger partial charge in [-0.3, -0.25) is 9.20 Å². The van der Waals surface area contributed by atoms with Crippen molar-refractivity contribution in [1.82, 2.24) is 14.4 Å². The van der Waals surface area contributed by atoms with E-state index in [2.05, 4.69) is 19.9 Å². The van der Waals surface area contributed by atoms with E-state index < -0.39 is 0 Å². The first kappa shape index (κ1) is 19.1. The van der Waals surface area contributed by atoms with Crippen molar-refractivity contribution >= 4 is 23.1 Å². The van der Waals surface area contributed by atoms with E-state index in [9.17, 15) is 4.79 Å². The Hall–Kier alpha value is -3.26. The van der Waals surface area contributed by atoms with Crippen molar-refractivity contribution in [2.45, 2.75) is 20.3 Å². The molecular formula is C21H26N7O+. The number of fused-ring (bicyclic) bond motifs is 1. The summed E-state index contributed by atoms with van der Waals surface area (Å²) in [7, 11) is 0. The number of hydrogen-bond donors (Lipinski definition) is 2. The summed E-state index contributed by atoms with van der Waals surface area (Å²) >= 11 is 0. The number of pyridine rings is 1. The summed E-state index contributed by atoms with van der Waals surface area (Å²) < 4.78 is 1.56. The Morgan fingerprint density at radius 2 is 2.17 bits per heavy atom. The van der Waals surface area contributed by atoms with Gasteiger partial charge in [-0.25, -0.2) is 15.0 Å². The van der Waals surface area contributed by atoms with Crippen LogP contribution in [0.2, 0.25) is 0 Å².